The van der Waals surface area contributed by atoms with Crippen molar-refractivity contribution < 1.29 is 13.2 Å². The maximum Gasteiger partial charge on any atom is 0.195 e. The summed E-state index contributed by atoms with van der Waals surface area (Å²) in [7, 11) is -3.37. The van der Waals surface area contributed by atoms with Gasteiger partial charge in [-0.3, -0.25) is 9.48 Å². The summed E-state index contributed by atoms with van der Waals surface area (Å²) in [4.78, 5) is 10.6. The van der Waals surface area contributed by atoms with Crippen LogP contribution >= 0.6 is 0 Å². The summed E-state index contributed by atoms with van der Waals surface area (Å²) >= 11 is 0. The lowest BCUT2D eigenvalue weighted by Crippen LogP contribution is -2.13. The molecule has 0 unspecified atom stereocenters. The van der Waals surface area contributed by atoms with Crippen LogP contribution in [0.15, 0.2) is 11.2 Å². The minimum Gasteiger partial charge on any atom is -0.298 e. The number of carbonyl (C=O) groups is 1. The SMILES string of the molecule is CCn1ncc(C=O)c1S(=O)(=O)CC. The maximum absolute atomic E-state index is 11.6. The van der Waals surface area contributed by atoms with E-state index in [0.717, 1.165) is 0 Å². The van der Waals surface area contributed by atoms with Crippen molar-refractivity contribution in [2.24, 2.45) is 0 Å². The van der Waals surface area contributed by atoms with E-state index in [1.807, 2.05) is 0 Å². The molecule has 14 heavy (non-hydrogen) atoms. The van der Waals surface area contributed by atoms with Gasteiger partial charge in [0.1, 0.15) is 0 Å². The van der Waals surface area contributed by atoms with Crippen molar-refractivity contribution in [2.75, 3.05) is 5.75 Å². The zero-order chi connectivity index (χ0) is 10.8. The molecule has 0 aliphatic heterocycles. The Morgan fingerprint density at radius 2 is 2.14 bits per heavy atom. The van der Waals surface area contributed by atoms with Crippen LogP contribution in [0, 0.1) is 0 Å². The van der Waals surface area contributed by atoms with Gasteiger partial charge in [0.15, 0.2) is 21.1 Å². The van der Waals surface area contributed by atoms with Gasteiger partial charge in [0.05, 0.1) is 17.5 Å². The van der Waals surface area contributed by atoms with E-state index < -0.39 is 9.84 Å². The molecular weight excluding hydrogens is 204 g/mol. The quantitative estimate of drug-likeness (QED) is 0.687. The molecule has 1 rings (SSSR count). The van der Waals surface area contributed by atoms with Gasteiger partial charge in [0.25, 0.3) is 0 Å². The molecule has 0 radical (unpaired) electrons. The van der Waals surface area contributed by atoms with Crippen LogP contribution in [0.4, 0.5) is 0 Å². The summed E-state index contributed by atoms with van der Waals surface area (Å²) in [5.74, 6) is -0.0282. The molecule has 1 aromatic rings. The van der Waals surface area contributed by atoms with Crippen LogP contribution in [0.2, 0.25) is 0 Å². The zero-order valence-electron chi connectivity index (χ0n) is 8.10. The topological polar surface area (TPSA) is 69.0 Å². The number of rotatable bonds is 4. The van der Waals surface area contributed by atoms with E-state index in [0.29, 0.717) is 12.8 Å². The molecule has 0 N–H and O–H groups in total. The zero-order valence-corrected chi connectivity index (χ0v) is 8.91. The normalized spacial score (nSPS) is 11.6. The molecule has 0 amide bonds. The number of aryl methyl sites for hydroxylation is 1. The molecular formula is C8H12N2O3S. The van der Waals surface area contributed by atoms with Crippen LogP contribution in [0.1, 0.15) is 24.2 Å². The van der Waals surface area contributed by atoms with Crippen LogP contribution in [0.25, 0.3) is 0 Å². The van der Waals surface area contributed by atoms with Crippen LogP contribution in [0.5, 0.6) is 0 Å². The highest BCUT2D eigenvalue weighted by Gasteiger charge is 2.21. The predicted molar refractivity (Wildman–Crippen MR) is 51.0 cm³/mol. The molecule has 0 fully saturated rings. The smallest absolute Gasteiger partial charge is 0.195 e. The fourth-order valence-corrected chi connectivity index (χ4v) is 2.40. The largest absolute Gasteiger partial charge is 0.298 e. The van der Waals surface area contributed by atoms with E-state index in [4.69, 9.17) is 0 Å². The Balaban J connectivity index is 3.43. The summed E-state index contributed by atoms with van der Waals surface area (Å²) in [6.07, 6.45) is 1.79. The minimum absolute atomic E-state index is 0.0255. The van der Waals surface area contributed by atoms with Gasteiger partial charge < -0.3 is 0 Å². The van der Waals surface area contributed by atoms with Crippen LogP contribution in [0.3, 0.4) is 0 Å². The molecule has 0 aliphatic carbocycles. The molecule has 0 bridgehead atoms. The number of aromatic nitrogens is 2. The summed E-state index contributed by atoms with van der Waals surface area (Å²) in [5, 5.41) is 3.85. The molecule has 6 heteroatoms. The highest BCUT2D eigenvalue weighted by Crippen LogP contribution is 2.15. The monoisotopic (exact) mass is 216 g/mol. The Bertz CT molecular complexity index is 433. The summed E-state index contributed by atoms with van der Waals surface area (Å²) in [6.45, 7) is 3.75. The summed E-state index contributed by atoms with van der Waals surface area (Å²) < 4.78 is 24.5. The average Bonchev–Trinajstić information content (AvgIpc) is 2.61. The first-order chi connectivity index (χ1) is 6.56. The molecule has 0 saturated heterocycles. The van der Waals surface area contributed by atoms with E-state index in [-0.39, 0.29) is 16.3 Å². The first-order valence-corrected chi connectivity index (χ1v) is 5.95. The minimum atomic E-state index is -3.37. The van der Waals surface area contributed by atoms with Crippen molar-refractivity contribution in [3.8, 4) is 0 Å². The fourth-order valence-electron chi connectivity index (χ4n) is 1.17. The van der Waals surface area contributed by atoms with E-state index in [9.17, 15) is 13.2 Å². The fraction of sp³-hybridized carbons (Fsp3) is 0.500. The average molecular weight is 216 g/mol. The van der Waals surface area contributed by atoms with Crippen molar-refractivity contribution in [3.05, 3.63) is 11.8 Å². The third-order valence-corrected chi connectivity index (χ3v) is 3.71. The Kier molecular flexibility index (Phi) is 3.05. The third kappa shape index (κ3) is 1.70. The summed E-state index contributed by atoms with van der Waals surface area (Å²) in [5.41, 5.74) is 0.133. The molecule has 0 saturated carbocycles. The second kappa shape index (κ2) is 3.91. The van der Waals surface area contributed by atoms with Crippen LogP contribution < -0.4 is 0 Å². The van der Waals surface area contributed by atoms with Gasteiger partial charge in [-0.25, -0.2) is 8.42 Å². The molecule has 0 aromatic carbocycles. The second-order valence-electron chi connectivity index (χ2n) is 2.74. The van der Waals surface area contributed by atoms with Gasteiger partial charge >= 0.3 is 0 Å². The van der Waals surface area contributed by atoms with Crippen molar-refractivity contribution in [3.63, 3.8) is 0 Å². The van der Waals surface area contributed by atoms with Crippen molar-refractivity contribution in [1.29, 1.82) is 0 Å². The van der Waals surface area contributed by atoms with Gasteiger partial charge in [-0.05, 0) is 6.92 Å². The number of sulfone groups is 1. The van der Waals surface area contributed by atoms with E-state index in [2.05, 4.69) is 5.10 Å². The Labute approximate surface area is 82.7 Å². The van der Waals surface area contributed by atoms with Gasteiger partial charge in [-0.1, -0.05) is 6.92 Å². The Hall–Kier alpha value is -1.17. The molecule has 1 aromatic heterocycles. The van der Waals surface area contributed by atoms with E-state index >= 15 is 0 Å². The molecule has 0 atom stereocenters. The number of hydrogen-bond donors (Lipinski definition) is 0. The maximum atomic E-state index is 11.6. The van der Waals surface area contributed by atoms with Gasteiger partial charge in [0.2, 0.25) is 0 Å². The number of aldehydes is 1. The molecule has 78 valence electrons. The van der Waals surface area contributed by atoms with Crippen LogP contribution in [-0.4, -0.2) is 30.2 Å². The first-order valence-electron chi connectivity index (χ1n) is 4.30. The van der Waals surface area contributed by atoms with Gasteiger partial charge in [-0.15, -0.1) is 0 Å². The van der Waals surface area contributed by atoms with E-state index in [1.165, 1.54) is 17.8 Å². The second-order valence-corrected chi connectivity index (χ2v) is 4.94. The summed E-state index contributed by atoms with van der Waals surface area (Å²) in [6, 6.07) is 0. The highest BCUT2D eigenvalue weighted by molar-refractivity contribution is 7.91. The molecule has 1 heterocycles. The lowest BCUT2D eigenvalue weighted by atomic mass is 10.4. The lowest BCUT2D eigenvalue weighted by Gasteiger charge is -2.04. The van der Waals surface area contributed by atoms with Gasteiger partial charge in [0, 0.05) is 6.54 Å². The molecule has 5 nitrogen and oxygen atoms in total. The number of carbonyl (C=O) groups excluding carboxylic acids is 1. The van der Waals surface area contributed by atoms with Crippen LogP contribution in [-0.2, 0) is 16.4 Å². The van der Waals surface area contributed by atoms with Crippen molar-refractivity contribution in [2.45, 2.75) is 25.4 Å². The lowest BCUT2D eigenvalue weighted by molar-refractivity contribution is 0.112. The van der Waals surface area contributed by atoms with Gasteiger partial charge in [-0.2, -0.15) is 5.10 Å². The number of nitrogens with zero attached hydrogens (tertiary/aromatic N) is 2. The highest BCUT2D eigenvalue weighted by atomic mass is 32.2. The predicted octanol–water partition coefficient (Wildman–Crippen LogP) is 0.509. The van der Waals surface area contributed by atoms with Crippen molar-refractivity contribution >= 4 is 16.1 Å². The standard InChI is InChI=1S/C8H12N2O3S/c1-3-10-8(14(12,13)4-2)7(6-11)5-9-10/h5-6H,3-4H2,1-2H3. The Morgan fingerprint density at radius 1 is 1.50 bits per heavy atom. The Morgan fingerprint density at radius 3 is 2.57 bits per heavy atom. The third-order valence-electron chi connectivity index (χ3n) is 1.92. The number of hydrogen-bond acceptors (Lipinski definition) is 4. The first kappa shape index (κ1) is 10.9. The molecule has 0 spiro atoms. The van der Waals surface area contributed by atoms with Crippen molar-refractivity contribution in [1.82, 2.24) is 9.78 Å². The van der Waals surface area contributed by atoms with E-state index in [1.54, 1.807) is 6.92 Å². The molecule has 0 aliphatic rings.